The molecule has 1 aromatic rings. The van der Waals surface area contributed by atoms with Crippen molar-refractivity contribution in [1.29, 1.82) is 0 Å². The molecule has 0 bridgehead atoms. The third-order valence-corrected chi connectivity index (χ3v) is 4.96. The van der Waals surface area contributed by atoms with Gasteiger partial charge < -0.3 is 4.90 Å². The van der Waals surface area contributed by atoms with Gasteiger partial charge in [-0.05, 0) is 31.9 Å². The Morgan fingerprint density at radius 1 is 1.16 bits per heavy atom. The second-order valence-corrected chi connectivity index (χ2v) is 6.48. The topological polar surface area (TPSA) is 20.3 Å². The predicted octanol–water partition coefficient (Wildman–Crippen LogP) is 3.53. The molecule has 1 amide bonds. The van der Waals surface area contributed by atoms with Crippen LogP contribution in [0.15, 0.2) is 35.4 Å². The molecule has 0 aliphatic carbocycles. The highest BCUT2D eigenvalue weighted by Crippen LogP contribution is 2.43. The quantitative estimate of drug-likeness (QED) is 0.649. The van der Waals surface area contributed by atoms with Crippen molar-refractivity contribution in [2.45, 2.75) is 45.6 Å². The second kappa shape index (κ2) is 3.96. The van der Waals surface area contributed by atoms with Gasteiger partial charge in [0.1, 0.15) is 0 Å². The average Bonchev–Trinajstić information content (AvgIpc) is 2.39. The molecule has 0 saturated carbocycles. The Bertz CT molecular complexity index is 583. The number of amides is 1. The number of hydrogen-bond donors (Lipinski definition) is 0. The van der Waals surface area contributed by atoms with Crippen molar-refractivity contribution in [3.8, 4) is 0 Å². The molecule has 2 heteroatoms. The van der Waals surface area contributed by atoms with E-state index in [-0.39, 0.29) is 11.3 Å². The van der Waals surface area contributed by atoms with Gasteiger partial charge in [0.05, 0.1) is 0 Å². The first-order chi connectivity index (χ1) is 8.93. The van der Waals surface area contributed by atoms with Gasteiger partial charge in [0.15, 0.2) is 0 Å². The van der Waals surface area contributed by atoms with E-state index in [2.05, 4.69) is 38.7 Å². The lowest BCUT2D eigenvalue weighted by molar-refractivity contribution is 0.0538. The van der Waals surface area contributed by atoms with Gasteiger partial charge in [-0.1, -0.05) is 43.2 Å². The summed E-state index contributed by atoms with van der Waals surface area (Å²) in [5.41, 5.74) is 4.90. The summed E-state index contributed by atoms with van der Waals surface area (Å²) in [6.07, 6.45) is 0.999. The van der Waals surface area contributed by atoms with Crippen LogP contribution in [-0.2, 0) is 5.41 Å². The molecule has 2 heterocycles. The average molecular weight is 255 g/mol. The lowest BCUT2D eigenvalue weighted by atomic mass is 9.68. The normalized spacial score (nSPS) is 25.2. The Labute approximate surface area is 115 Å². The van der Waals surface area contributed by atoms with E-state index in [0.29, 0.717) is 6.04 Å². The number of benzene rings is 1. The van der Waals surface area contributed by atoms with Crippen LogP contribution in [0.4, 0.5) is 0 Å². The summed E-state index contributed by atoms with van der Waals surface area (Å²) in [4.78, 5) is 14.8. The molecule has 3 rings (SSSR count). The highest BCUT2D eigenvalue weighted by molar-refractivity contribution is 5.98. The summed E-state index contributed by atoms with van der Waals surface area (Å²) >= 11 is 0. The second-order valence-electron chi connectivity index (χ2n) is 6.48. The minimum Gasteiger partial charge on any atom is -0.330 e. The third-order valence-electron chi connectivity index (χ3n) is 4.96. The predicted molar refractivity (Wildman–Crippen MR) is 77.3 cm³/mol. The van der Waals surface area contributed by atoms with Crippen molar-refractivity contribution in [2.24, 2.45) is 0 Å². The van der Waals surface area contributed by atoms with Gasteiger partial charge in [0, 0.05) is 23.6 Å². The van der Waals surface area contributed by atoms with Crippen LogP contribution in [0.5, 0.6) is 0 Å². The van der Waals surface area contributed by atoms with Crippen LogP contribution in [0.1, 0.15) is 50.0 Å². The van der Waals surface area contributed by atoms with Crippen LogP contribution in [0.25, 0.3) is 0 Å². The lowest BCUT2D eigenvalue weighted by Crippen LogP contribution is -2.57. The molecule has 1 atom stereocenters. The number of hydrogen-bond acceptors (Lipinski definition) is 1. The number of rotatable bonds is 0. The molecule has 1 unspecified atom stereocenters. The van der Waals surface area contributed by atoms with Gasteiger partial charge in [-0.15, -0.1) is 0 Å². The molecule has 0 spiro atoms. The molecule has 2 nitrogen and oxygen atoms in total. The maximum Gasteiger partial charge on any atom is 0.254 e. The molecule has 100 valence electrons. The van der Waals surface area contributed by atoms with Crippen molar-refractivity contribution in [1.82, 2.24) is 4.90 Å². The molecule has 19 heavy (non-hydrogen) atoms. The summed E-state index contributed by atoms with van der Waals surface area (Å²) in [6.45, 7) is 9.67. The van der Waals surface area contributed by atoms with Gasteiger partial charge in [-0.25, -0.2) is 0 Å². The summed E-state index contributed by atoms with van der Waals surface area (Å²) in [7, 11) is 0. The number of carbonyl (C=O) groups is 1. The zero-order valence-electron chi connectivity index (χ0n) is 12.2. The summed E-state index contributed by atoms with van der Waals surface area (Å²) < 4.78 is 0. The van der Waals surface area contributed by atoms with Gasteiger partial charge >= 0.3 is 0 Å². The standard InChI is InChI=1S/C17H21NO/c1-11-9-15-17(3,4)14-8-6-5-7-13(14)16(19)18(15)10-12(11)2/h5-8,15H,9-10H2,1-4H3. The van der Waals surface area contributed by atoms with E-state index in [1.807, 2.05) is 18.2 Å². The van der Waals surface area contributed by atoms with Gasteiger partial charge in [0.25, 0.3) is 5.91 Å². The summed E-state index contributed by atoms with van der Waals surface area (Å²) in [5.74, 6) is 0.201. The van der Waals surface area contributed by atoms with Crippen molar-refractivity contribution in [3.05, 3.63) is 46.5 Å². The summed E-state index contributed by atoms with van der Waals surface area (Å²) in [5, 5.41) is 0. The highest BCUT2D eigenvalue weighted by atomic mass is 16.2. The fraction of sp³-hybridized carbons (Fsp3) is 0.471. The fourth-order valence-corrected chi connectivity index (χ4v) is 3.50. The van der Waals surface area contributed by atoms with Crippen LogP contribution in [-0.4, -0.2) is 23.4 Å². The molecule has 2 aliphatic heterocycles. The lowest BCUT2D eigenvalue weighted by Gasteiger charge is -2.50. The van der Waals surface area contributed by atoms with Crippen molar-refractivity contribution in [2.75, 3.05) is 6.54 Å². The molecule has 0 fully saturated rings. The van der Waals surface area contributed by atoms with Crippen LogP contribution in [0.2, 0.25) is 0 Å². The first-order valence-electron chi connectivity index (χ1n) is 6.98. The Balaban J connectivity index is 2.16. The third kappa shape index (κ3) is 1.66. The first-order valence-corrected chi connectivity index (χ1v) is 6.98. The molecule has 0 N–H and O–H groups in total. The van der Waals surface area contributed by atoms with E-state index in [0.717, 1.165) is 18.5 Å². The van der Waals surface area contributed by atoms with E-state index in [9.17, 15) is 4.79 Å². The monoisotopic (exact) mass is 255 g/mol. The molecular formula is C17H21NO. The van der Waals surface area contributed by atoms with Crippen LogP contribution in [0, 0.1) is 0 Å². The zero-order valence-corrected chi connectivity index (χ0v) is 12.2. The van der Waals surface area contributed by atoms with E-state index in [1.165, 1.54) is 16.7 Å². The van der Waals surface area contributed by atoms with Crippen molar-refractivity contribution >= 4 is 5.91 Å². The largest absolute Gasteiger partial charge is 0.330 e. The minimum absolute atomic E-state index is 0.0203. The van der Waals surface area contributed by atoms with Crippen molar-refractivity contribution in [3.63, 3.8) is 0 Å². The van der Waals surface area contributed by atoms with Gasteiger partial charge in [-0.3, -0.25) is 4.79 Å². The molecular weight excluding hydrogens is 234 g/mol. The number of carbonyl (C=O) groups excluding carboxylic acids is 1. The van der Waals surface area contributed by atoms with Crippen LogP contribution in [0.3, 0.4) is 0 Å². The minimum atomic E-state index is 0.0203. The van der Waals surface area contributed by atoms with Gasteiger partial charge in [0.2, 0.25) is 0 Å². The molecule has 1 aromatic carbocycles. The highest BCUT2D eigenvalue weighted by Gasteiger charge is 2.46. The zero-order chi connectivity index (χ0) is 13.8. The van der Waals surface area contributed by atoms with E-state index in [1.54, 1.807) is 0 Å². The molecule has 0 saturated heterocycles. The Kier molecular flexibility index (Phi) is 2.60. The maximum atomic E-state index is 12.7. The van der Waals surface area contributed by atoms with Gasteiger partial charge in [-0.2, -0.15) is 0 Å². The Morgan fingerprint density at radius 2 is 1.84 bits per heavy atom. The summed E-state index contributed by atoms with van der Waals surface area (Å²) in [6, 6.07) is 8.38. The Hall–Kier alpha value is -1.57. The SMILES string of the molecule is CC1=C(C)CN2C(=O)c3ccccc3C(C)(C)C2C1. The van der Waals surface area contributed by atoms with Crippen LogP contribution < -0.4 is 0 Å². The van der Waals surface area contributed by atoms with Crippen molar-refractivity contribution < 1.29 is 4.79 Å². The first kappa shape index (κ1) is 12.5. The van der Waals surface area contributed by atoms with E-state index < -0.39 is 0 Å². The van der Waals surface area contributed by atoms with Crippen LogP contribution >= 0.6 is 0 Å². The van der Waals surface area contributed by atoms with E-state index >= 15 is 0 Å². The fourth-order valence-electron chi connectivity index (χ4n) is 3.50. The number of fused-ring (bicyclic) bond motifs is 2. The Morgan fingerprint density at radius 3 is 2.58 bits per heavy atom. The molecule has 0 radical (unpaired) electrons. The maximum absolute atomic E-state index is 12.7. The molecule has 2 aliphatic rings. The van der Waals surface area contributed by atoms with E-state index in [4.69, 9.17) is 0 Å². The number of nitrogens with zero attached hydrogens (tertiary/aromatic N) is 1. The smallest absolute Gasteiger partial charge is 0.254 e. The molecule has 0 aromatic heterocycles.